The van der Waals surface area contributed by atoms with E-state index in [1.807, 2.05) is 57.2 Å². The Labute approximate surface area is 216 Å². The molecule has 198 valence electrons. The van der Waals surface area contributed by atoms with Gasteiger partial charge in [0.05, 0.1) is 0 Å². The first-order valence-electron chi connectivity index (χ1n) is 12.3. The van der Waals surface area contributed by atoms with Crippen molar-refractivity contribution in [3.63, 3.8) is 0 Å². The Morgan fingerprint density at radius 1 is 1.08 bits per heavy atom. The zero-order valence-corrected chi connectivity index (χ0v) is 24.8. The molecule has 0 aliphatic carbocycles. The summed E-state index contributed by atoms with van der Waals surface area (Å²) in [6, 6.07) is 14.3. The van der Waals surface area contributed by atoms with Crippen LogP contribution in [0.1, 0.15) is 50.8 Å². The molecule has 0 spiro atoms. The third-order valence-corrected chi connectivity index (χ3v) is 11.9. The van der Waals surface area contributed by atoms with Crippen LogP contribution in [0, 0.1) is 0 Å². The second kappa shape index (κ2) is 11.2. The van der Waals surface area contributed by atoms with Crippen molar-refractivity contribution in [2.75, 3.05) is 6.54 Å². The van der Waals surface area contributed by atoms with Crippen molar-refractivity contribution in [1.82, 2.24) is 10.2 Å². The Hall–Kier alpha value is -1.94. The van der Waals surface area contributed by atoms with E-state index in [0.29, 0.717) is 12.1 Å². The van der Waals surface area contributed by atoms with Gasteiger partial charge in [0.25, 0.3) is 0 Å². The number of alkyl halides is 3. The maximum atomic E-state index is 13.1. The normalized spacial score (nSPS) is 19.2. The summed E-state index contributed by atoms with van der Waals surface area (Å²) < 4.78 is 50.5. The number of carbonyl (C=O) groups is 1. The first-order valence-corrected chi connectivity index (χ1v) is 22.3. The molecule has 1 fully saturated rings. The van der Waals surface area contributed by atoms with E-state index in [2.05, 4.69) is 24.9 Å². The number of amides is 1. The number of halogens is 3. The van der Waals surface area contributed by atoms with E-state index < -0.39 is 36.4 Å². The fourth-order valence-electron chi connectivity index (χ4n) is 4.45. The number of benzene rings is 2. The van der Waals surface area contributed by atoms with Crippen LogP contribution >= 0.6 is 0 Å². The third kappa shape index (κ3) is 8.03. The minimum atomic E-state index is -4.77. The van der Waals surface area contributed by atoms with Gasteiger partial charge in [0.15, 0.2) is 0 Å². The molecule has 2 atom stereocenters. The van der Waals surface area contributed by atoms with E-state index in [-0.39, 0.29) is 24.4 Å². The predicted molar refractivity (Wildman–Crippen MR) is 138 cm³/mol. The zero-order chi connectivity index (χ0) is 26.7. The summed E-state index contributed by atoms with van der Waals surface area (Å²) in [6.45, 7) is 6.23. The predicted octanol–water partition coefficient (Wildman–Crippen LogP) is 6.36. The van der Waals surface area contributed by atoms with Crippen molar-refractivity contribution in [1.29, 1.82) is 0 Å². The number of carbonyl (C=O) groups excluding carboxylic acids is 1. The topological polar surface area (TPSA) is 50.8 Å². The molecule has 0 bridgehead atoms. The molecule has 2 aromatic rings. The van der Waals surface area contributed by atoms with Crippen LogP contribution in [0.15, 0.2) is 48.5 Å². The fraction of sp³-hybridized carbons (Fsp3) is 0.519. The van der Waals surface area contributed by atoms with Crippen LogP contribution in [0.3, 0.4) is 0 Å². The first-order chi connectivity index (χ1) is 16.6. The van der Waals surface area contributed by atoms with E-state index in [1.54, 1.807) is 11.0 Å². The summed E-state index contributed by atoms with van der Waals surface area (Å²) in [7, 11) is 0. The van der Waals surface area contributed by atoms with E-state index in [1.165, 1.54) is 6.07 Å². The molecule has 2 aromatic carbocycles. The number of nitrogens with zero attached hydrogens (tertiary/aromatic N) is 1. The fourth-order valence-corrected chi connectivity index (χ4v) is 7.84. The number of piperidine rings is 1. The Balaban J connectivity index is 1.91. The van der Waals surface area contributed by atoms with Crippen LogP contribution in [-0.2, 0) is 11.3 Å². The Bertz CT molecular complexity index is 1030. The second-order valence-corrected chi connectivity index (χ2v) is 25.8. The van der Waals surface area contributed by atoms with Crippen LogP contribution in [0.5, 0.6) is 5.75 Å². The Morgan fingerprint density at radius 3 is 2.33 bits per heavy atom. The molecular formula is C27H37F3N2O3Sn. The monoisotopic (exact) mass is 614 g/mol. The zero-order valence-electron chi connectivity index (χ0n) is 21.9. The van der Waals surface area contributed by atoms with Crippen molar-refractivity contribution in [2.24, 2.45) is 0 Å². The van der Waals surface area contributed by atoms with Gasteiger partial charge in [0, 0.05) is 0 Å². The Morgan fingerprint density at radius 2 is 1.75 bits per heavy atom. The van der Waals surface area contributed by atoms with Crippen molar-refractivity contribution in [3.05, 3.63) is 59.7 Å². The first kappa shape index (κ1) is 28.6. The van der Waals surface area contributed by atoms with Gasteiger partial charge in [-0.3, -0.25) is 0 Å². The molecule has 0 unspecified atom stereocenters. The van der Waals surface area contributed by atoms with Crippen molar-refractivity contribution < 1.29 is 27.4 Å². The van der Waals surface area contributed by atoms with E-state index >= 15 is 0 Å². The van der Waals surface area contributed by atoms with Crippen molar-refractivity contribution in [2.45, 2.75) is 79.0 Å². The summed E-state index contributed by atoms with van der Waals surface area (Å²) in [6.07, 6.45) is -3.64. The Kier molecular flexibility index (Phi) is 8.91. The maximum absolute atomic E-state index is 13.1. The molecule has 1 saturated heterocycles. The van der Waals surface area contributed by atoms with E-state index in [0.717, 1.165) is 22.0 Å². The number of hydrogen-bond donors (Lipinski definition) is 1. The van der Waals surface area contributed by atoms with Crippen LogP contribution < -0.4 is 13.6 Å². The molecule has 0 radical (unpaired) electrons. The van der Waals surface area contributed by atoms with Gasteiger partial charge in [-0.2, -0.15) is 0 Å². The van der Waals surface area contributed by atoms with Crippen LogP contribution in [0.2, 0.25) is 14.8 Å². The molecule has 36 heavy (non-hydrogen) atoms. The van der Waals surface area contributed by atoms with Crippen molar-refractivity contribution in [3.8, 4) is 5.75 Å². The number of rotatable bonds is 6. The molecule has 1 aliphatic rings. The molecule has 0 saturated carbocycles. The molecule has 1 amide bonds. The summed E-state index contributed by atoms with van der Waals surface area (Å²) in [5, 5.41) is 3.47. The van der Waals surface area contributed by atoms with Gasteiger partial charge in [-0.05, 0) is 0 Å². The summed E-state index contributed by atoms with van der Waals surface area (Å²) in [4.78, 5) is 21.5. The molecule has 5 nitrogen and oxygen atoms in total. The molecular weight excluding hydrogens is 576 g/mol. The van der Waals surface area contributed by atoms with Crippen LogP contribution in [0.25, 0.3) is 0 Å². The van der Waals surface area contributed by atoms with Gasteiger partial charge in [-0.25, -0.2) is 0 Å². The average molecular weight is 613 g/mol. The minimum absolute atomic E-state index is 0.172. The molecule has 9 heteroatoms. The number of nitrogens with one attached hydrogen (secondary N) is 1. The standard InChI is InChI=1S/C24H28F3N2O3.3CH3.Sn/c1-23(2,3)32-22(30)29-15-9-13-19(21(29)17-10-5-4-6-11-17)28-16-18-12-7-8-14-20(18)31-24(25,26)27;;;;/h4-6,8,10-12,14,19,21,28H,9,13,15-16H2,1-3H3;3*1H3;/t19-,21-;;;;/m0..../s1. The summed E-state index contributed by atoms with van der Waals surface area (Å²) >= 11 is -2.54. The average Bonchev–Trinajstić information content (AvgIpc) is 2.75. The van der Waals surface area contributed by atoms with Gasteiger partial charge < -0.3 is 0 Å². The second-order valence-electron chi connectivity index (χ2n) is 11.3. The molecule has 3 rings (SSSR count). The molecule has 0 aromatic heterocycles. The van der Waals surface area contributed by atoms with E-state index in [4.69, 9.17) is 4.74 Å². The van der Waals surface area contributed by atoms with Gasteiger partial charge >= 0.3 is 217 Å². The SMILES string of the molecule is CC(C)(C)OC(=O)N1CCC[C@H](NCc2c[c]([Sn]([CH3])([CH3])[CH3])ccc2OC(F)(F)F)[C@@H]1c1ccccc1. The molecule has 1 aliphatic heterocycles. The van der Waals surface area contributed by atoms with Gasteiger partial charge in [0.1, 0.15) is 0 Å². The van der Waals surface area contributed by atoms with Gasteiger partial charge in [0.2, 0.25) is 0 Å². The number of hydrogen-bond acceptors (Lipinski definition) is 4. The quantitative estimate of drug-likeness (QED) is 0.386. The van der Waals surface area contributed by atoms with Crippen LogP contribution in [0.4, 0.5) is 18.0 Å². The van der Waals surface area contributed by atoms with Crippen LogP contribution in [-0.4, -0.2) is 53.9 Å². The number of likely N-dealkylation sites (tertiary alicyclic amines) is 1. The van der Waals surface area contributed by atoms with E-state index in [9.17, 15) is 18.0 Å². The molecule has 1 heterocycles. The third-order valence-electron chi connectivity index (χ3n) is 6.11. The van der Waals surface area contributed by atoms with Gasteiger partial charge in [-0.1, -0.05) is 0 Å². The molecule has 1 N–H and O–H groups in total. The van der Waals surface area contributed by atoms with Gasteiger partial charge in [-0.15, -0.1) is 0 Å². The van der Waals surface area contributed by atoms with Crippen molar-refractivity contribution >= 4 is 28.0 Å². The summed E-state index contributed by atoms with van der Waals surface area (Å²) in [5.74, 6) is -0.189. The summed E-state index contributed by atoms with van der Waals surface area (Å²) in [5.41, 5.74) is 0.784. The number of ether oxygens (including phenoxy) is 2.